The smallest absolute Gasteiger partial charge is 0.228 e. The van der Waals surface area contributed by atoms with E-state index in [2.05, 4.69) is 28.3 Å². The van der Waals surface area contributed by atoms with Gasteiger partial charge in [-0.2, -0.15) is 5.10 Å². The zero-order valence-electron chi connectivity index (χ0n) is 16.4. The highest BCUT2D eigenvalue weighted by molar-refractivity contribution is 5.94. The van der Waals surface area contributed by atoms with Gasteiger partial charge in [0.15, 0.2) is 0 Å². The number of anilines is 1. The number of carbonyl (C=O) groups excluding carboxylic acids is 1. The Morgan fingerprint density at radius 3 is 2.97 bits per heavy atom. The molecular formula is C23H23N5O. The molecule has 1 aliphatic rings. The molecule has 1 aromatic carbocycles. The topological polar surface area (TPSA) is 66.8 Å². The predicted molar refractivity (Wildman–Crippen MR) is 114 cm³/mol. The van der Waals surface area contributed by atoms with E-state index in [1.807, 2.05) is 42.5 Å². The molecule has 0 fully saturated rings. The number of rotatable bonds is 4. The van der Waals surface area contributed by atoms with E-state index in [0.29, 0.717) is 6.42 Å². The van der Waals surface area contributed by atoms with Gasteiger partial charge in [0, 0.05) is 48.9 Å². The van der Waals surface area contributed by atoms with Crippen LogP contribution in [0.1, 0.15) is 24.0 Å². The highest BCUT2D eigenvalue weighted by Crippen LogP contribution is 2.29. The van der Waals surface area contributed by atoms with Gasteiger partial charge in [0.05, 0.1) is 11.9 Å². The summed E-state index contributed by atoms with van der Waals surface area (Å²) in [6, 6.07) is 12.3. The first-order valence-electron chi connectivity index (χ1n) is 10.0. The summed E-state index contributed by atoms with van der Waals surface area (Å²) in [5, 5.41) is 5.43. The van der Waals surface area contributed by atoms with Crippen molar-refractivity contribution in [2.45, 2.75) is 25.7 Å². The number of nitrogens with one attached hydrogen (secondary N) is 1. The highest BCUT2D eigenvalue weighted by Gasteiger charge is 2.24. The average molecular weight is 385 g/mol. The molecule has 6 heteroatoms. The number of aromatic nitrogens is 4. The van der Waals surface area contributed by atoms with Crippen LogP contribution in [0.4, 0.5) is 5.82 Å². The van der Waals surface area contributed by atoms with Gasteiger partial charge < -0.3 is 4.98 Å². The monoisotopic (exact) mass is 385 g/mol. The van der Waals surface area contributed by atoms with E-state index in [1.54, 1.807) is 10.9 Å². The van der Waals surface area contributed by atoms with Crippen LogP contribution in [0.2, 0.25) is 0 Å². The standard InChI is InChI=1S/C23H23N5O/c1-27-15-18(14-25-27)20-10-8-16-5-4-12-28(23(16)26-20)22(29)11-9-17-13-24-21-7-3-2-6-19(17)21/h2-3,6-8,10,13-15,24H,4-5,9,11-12H2,1H3. The van der Waals surface area contributed by atoms with Gasteiger partial charge in [-0.1, -0.05) is 24.3 Å². The second-order valence-electron chi connectivity index (χ2n) is 7.59. The van der Waals surface area contributed by atoms with E-state index < -0.39 is 0 Å². The van der Waals surface area contributed by atoms with E-state index in [1.165, 1.54) is 10.9 Å². The molecule has 5 rings (SSSR count). The molecule has 0 bridgehead atoms. The molecule has 4 heterocycles. The lowest BCUT2D eigenvalue weighted by Crippen LogP contribution is -2.36. The minimum atomic E-state index is 0.132. The molecule has 0 saturated carbocycles. The Morgan fingerprint density at radius 2 is 2.10 bits per heavy atom. The molecule has 146 valence electrons. The van der Waals surface area contributed by atoms with Crippen LogP contribution in [-0.2, 0) is 24.7 Å². The number of amides is 1. The molecule has 6 nitrogen and oxygen atoms in total. The largest absolute Gasteiger partial charge is 0.361 e. The number of H-pyrrole nitrogens is 1. The van der Waals surface area contributed by atoms with Crippen molar-refractivity contribution in [3.63, 3.8) is 0 Å². The second-order valence-corrected chi connectivity index (χ2v) is 7.59. The maximum atomic E-state index is 13.1. The summed E-state index contributed by atoms with van der Waals surface area (Å²) < 4.78 is 1.76. The summed E-state index contributed by atoms with van der Waals surface area (Å²) in [7, 11) is 1.89. The summed E-state index contributed by atoms with van der Waals surface area (Å²) in [4.78, 5) is 23.1. The first-order valence-corrected chi connectivity index (χ1v) is 10.0. The SMILES string of the molecule is Cn1cc(-c2ccc3c(n2)N(C(=O)CCc2c[nH]c4ccccc24)CCC3)cn1. The molecular weight excluding hydrogens is 362 g/mol. The normalized spacial score (nSPS) is 13.6. The van der Waals surface area contributed by atoms with Crippen LogP contribution in [0.3, 0.4) is 0 Å². The summed E-state index contributed by atoms with van der Waals surface area (Å²) in [6.07, 6.45) is 8.89. The van der Waals surface area contributed by atoms with Gasteiger partial charge >= 0.3 is 0 Å². The van der Waals surface area contributed by atoms with Crippen LogP contribution in [0.15, 0.2) is 55.0 Å². The van der Waals surface area contributed by atoms with Gasteiger partial charge in [-0.25, -0.2) is 4.98 Å². The molecule has 0 spiro atoms. The van der Waals surface area contributed by atoms with Crippen molar-refractivity contribution in [3.05, 3.63) is 66.1 Å². The van der Waals surface area contributed by atoms with Crippen LogP contribution >= 0.6 is 0 Å². The van der Waals surface area contributed by atoms with Crippen molar-refractivity contribution < 1.29 is 4.79 Å². The molecule has 29 heavy (non-hydrogen) atoms. The summed E-state index contributed by atoms with van der Waals surface area (Å²) in [5.74, 6) is 0.939. The van der Waals surface area contributed by atoms with Gasteiger partial charge in [-0.05, 0) is 42.5 Å². The number of nitrogens with zero attached hydrogens (tertiary/aromatic N) is 4. The molecule has 1 aliphatic heterocycles. The molecule has 4 aromatic rings. The lowest BCUT2D eigenvalue weighted by atomic mass is 10.0. The van der Waals surface area contributed by atoms with Crippen molar-refractivity contribution in [2.75, 3.05) is 11.4 Å². The third-order valence-electron chi connectivity index (χ3n) is 5.62. The predicted octanol–water partition coefficient (Wildman–Crippen LogP) is 3.88. The number of aryl methyl sites for hydroxylation is 3. The Kier molecular flexibility index (Phi) is 4.39. The summed E-state index contributed by atoms with van der Waals surface area (Å²) >= 11 is 0. The molecule has 0 radical (unpaired) electrons. The Hall–Kier alpha value is -3.41. The number of benzene rings is 1. The van der Waals surface area contributed by atoms with Crippen LogP contribution in [-0.4, -0.2) is 32.2 Å². The average Bonchev–Trinajstić information content (AvgIpc) is 3.37. The highest BCUT2D eigenvalue weighted by atomic mass is 16.2. The van der Waals surface area contributed by atoms with E-state index >= 15 is 0 Å². The fourth-order valence-corrected chi connectivity index (χ4v) is 4.11. The maximum absolute atomic E-state index is 13.1. The quantitative estimate of drug-likeness (QED) is 0.580. The second kappa shape index (κ2) is 7.20. The van der Waals surface area contributed by atoms with E-state index in [4.69, 9.17) is 4.98 Å². The molecule has 0 atom stereocenters. The number of carbonyl (C=O) groups is 1. The van der Waals surface area contributed by atoms with Crippen molar-refractivity contribution in [2.24, 2.45) is 7.05 Å². The Morgan fingerprint density at radius 1 is 1.21 bits per heavy atom. The van der Waals surface area contributed by atoms with Crippen LogP contribution in [0, 0.1) is 0 Å². The van der Waals surface area contributed by atoms with Gasteiger partial charge in [0.1, 0.15) is 5.82 Å². The molecule has 3 aromatic heterocycles. The third-order valence-corrected chi connectivity index (χ3v) is 5.62. The Labute approximate surface area is 169 Å². The number of para-hydroxylation sites is 1. The number of hydrogen-bond acceptors (Lipinski definition) is 3. The minimum absolute atomic E-state index is 0.132. The maximum Gasteiger partial charge on any atom is 0.228 e. The van der Waals surface area contributed by atoms with Crippen LogP contribution in [0.5, 0.6) is 0 Å². The van der Waals surface area contributed by atoms with Gasteiger partial charge in [-0.15, -0.1) is 0 Å². The molecule has 0 aliphatic carbocycles. The van der Waals surface area contributed by atoms with Crippen molar-refractivity contribution in [1.29, 1.82) is 0 Å². The van der Waals surface area contributed by atoms with Gasteiger partial charge in [-0.3, -0.25) is 14.4 Å². The van der Waals surface area contributed by atoms with Gasteiger partial charge in [0.2, 0.25) is 5.91 Å². The van der Waals surface area contributed by atoms with Crippen molar-refractivity contribution >= 4 is 22.6 Å². The zero-order chi connectivity index (χ0) is 19.8. The van der Waals surface area contributed by atoms with Crippen LogP contribution in [0.25, 0.3) is 22.2 Å². The van der Waals surface area contributed by atoms with Crippen LogP contribution < -0.4 is 4.90 Å². The fraction of sp³-hybridized carbons (Fsp3) is 0.261. The van der Waals surface area contributed by atoms with E-state index in [9.17, 15) is 4.79 Å². The number of fused-ring (bicyclic) bond motifs is 2. The minimum Gasteiger partial charge on any atom is -0.361 e. The summed E-state index contributed by atoms with van der Waals surface area (Å²) in [6.45, 7) is 0.725. The summed E-state index contributed by atoms with van der Waals surface area (Å²) in [5.41, 5.74) is 5.26. The molecule has 1 N–H and O–H groups in total. The molecule has 0 unspecified atom stereocenters. The van der Waals surface area contributed by atoms with Gasteiger partial charge in [0.25, 0.3) is 0 Å². The Bertz CT molecular complexity index is 1190. The third kappa shape index (κ3) is 3.31. The number of aromatic amines is 1. The number of hydrogen-bond donors (Lipinski definition) is 1. The lowest BCUT2D eigenvalue weighted by Gasteiger charge is -2.28. The number of pyridine rings is 1. The first kappa shape index (κ1) is 17.7. The van der Waals surface area contributed by atoms with E-state index in [0.717, 1.165) is 54.0 Å². The van der Waals surface area contributed by atoms with Crippen molar-refractivity contribution in [1.82, 2.24) is 19.7 Å². The first-order chi connectivity index (χ1) is 14.2. The molecule has 0 saturated heterocycles. The van der Waals surface area contributed by atoms with E-state index in [-0.39, 0.29) is 5.91 Å². The molecule has 1 amide bonds. The lowest BCUT2D eigenvalue weighted by molar-refractivity contribution is -0.118. The Balaban J connectivity index is 1.38. The zero-order valence-corrected chi connectivity index (χ0v) is 16.4. The fourth-order valence-electron chi connectivity index (χ4n) is 4.11. The van der Waals surface area contributed by atoms with Crippen molar-refractivity contribution in [3.8, 4) is 11.3 Å².